The van der Waals surface area contributed by atoms with E-state index < -0.39 is 6.04 Å². The number of hydrogen-bond donors (Lipinski definition) is 1. The van der Waals surface area contributed by atoms with Crippen LogP contribution in [0.5, 0.6) is 5.75 Å². The van der Waals surface area contributed by atoms with E-state index in [0.717, 1.165) is 42.7 Å². The Hall–Kier alpha value is -2.47. The van der Waals surface area contributed by atoms with E-state index in [2.05, 4.69) is 30.4 Å². The second-order valence-electron chi connectivity index (χ2n) is 9.12. The summed E-state index contributed by atoms with van der Waals surface area (Å²) in [6.45, 7) is 4.47. The Morgan fingerprint density at radius 1 is 1.09 bits per heavy atom. The first-order valence-corrected chi connectivity index (χ1v) is 13.5. The van der Waals surface area contributed by atoms with Gasteiger partial charge in [0.2, 0.25) is 11.8 Å². The van der Waals surface area contributed by atoms with E-state index in [-0.39, 0.29) is 17.9 Å². The number of nitrogens with zero attached hydrogens (tertiary/aromatic N) is 1. The van der Waals surface area contributed by atoms with Crippen LogP contribution in [0, 0.1) is 6.92 Å². The summed E-state index contributed by atoms with van der Waals surface area (Å²) in [5.41, 5.74) is 3.42. The lowest BCUT2D eigenvalue weighted by atomic mass is 9.95. The maximum Gasteiger partial charge on any atom is 0.243 e. The molecule has 1 atom stereocenters. The maximum atomic E-state index is 13.4. The van der Waals surface area contributed by atoms with Crippen LogP contribution >= 0.6 is 11.8 Å². The van der Waals surface area contributed by atoms with Crippen molar-refractivity contribution in [1.82, 2.24) is 10.2 Å². The standard InChI is InChI=1S/C28H38N2O3S/c1-4-26(28(32)29-24-11-6-5-7-12-24)30(18-22-13-15-25(33-3)16-14-22)27(31)20-34-19-23-10-8-9-21(2)17-23/h8-10,13-17,24,26H,4-7,11-12,18-20H2,1-3H3,(H,29,32). The Labute approximate surface area is 208 Å². The predicted octanol–water partition coefficient (Wildman–Crippen LogP) is 5.49. The minimum Gasteiger partial charge on any atom is -0.497 e. The van der Waals surface area contributed by atoms with Crippen LogP contribution in [-0.4, -0.2) is 41.7 Å². The first kappa shape index (κ1) is 26.1. The molecule has 2 amide bonds. The molecule has 2 aromatic rings. The fourth-order valence-electron chi connectivity index (χ4n) is 4.53. The zero-order valence-corrected chi connectivity index (χ0v) is 21.5. The summed E-state index contributed by atoms with van der Waals surface area (Å²) in [5.74, 6) is 1.86. The van der Waals surface area contributed by atoms with Gasteiger partial charge in [-0.1, -0.05) is 68.1 Å². The van der Waals surface area contributed by atoms with Crippen LogP contribution < -0.4 is 10.1 Å². The van der Waals surface area contributed by atoms with Crippen molar-refractivity contribution in [3.63, 3.8) is 0 Å². The van der Waals surface area contributed by atoms with Gasteiger partial charge in [-0.25, -0.2) is 0 Å². The number of ether oxygens (including phenoxy) is 1. The van der Waals surface area contributed by atoms with E-state index >= 15 is 0 Å². The average molecular weight is 483 g/mol. The Bertz CT molecular complexity index is 926. The van der Waals surface area contributed by atoms with E-state index in [9.17, 15) is 9.59 Å². The molecular weight excluding hydrogens is 444 g/mol. The third kappa shape index (κ3) is 7.79. The van der Waals surface area contributed by atoms with Gasteiger partial charge in [0, 0.05) is 18.3 Å². The van der Waals surface area contributed by atoms with Crippen molar-refractivity contribution in [1.29, 1.82) is 0 Å². The molecule has 0 aliphatic heterocycles. The Balaban J connectivity index is 1.70. The molecule has 1 aliphatic carbocycles. The SMILES string of the molecule is CCC(C(=O)NC1CCCCC1)N(Cc1ccc(OC)cc1)C(=O)CSCc1cccc(C)c1. The number of amides is 2. The Kier molecular flexibility index (Phi) is 10.3. The molecule has 1 fully saturated rings. The first-order valence-electron chi connectivity index (χ1n) is 12.4. The summed E-state index contributed by atoms with van der Waals surface area (Å²) in [4.78, 5) is 28.5. The quantitative estimate of drug-likeness (QED) is 0.460. The highest BCUT2D eigenvalue weighted by molar-refractivity contribution is 7.99. The Morgan fingerprint density at radius 2 is 1.82 bits per heavy atom. The van der Waals surface area contributed by atoms with Gasteiger partial charge in [0.05, 0.1) is 12.9 Å². The van der Waals surface area contributed by atoms with Crippen molar-refractivity contribution >= 4 is 23.6 Å². The van der Waals surface area contributed by atoms with Crippen LogP contribution in [0.15, 0.2) is 48.5 Å². The van der Waals surface area contributed by atoms with Crippen LogP contribution in [0.25, 0.3) is 0 Å². The average Bonchev–Trinajstić information content (AvgIpc) is 2.85. The van der Waals surface area contributed by atoms with Crippen molar-refractivity contribution in [2.75, 3.05) is 12.9 Å². The molecule has 0 saturated heterocycles. The van der Waals surface area contributed by atoms with Crippen molar-refractivity contribution < 1.29 is 14.3 Å². The summed E-state index contributed by atoms with van der Waals surface area (Å²) in [7, 11) is 1.64. The molecule has 0 radical (unpaired) electrons. The van der Waals surface area contributed by atoms with Crippen molar-refractivity contribution in [3.05, 3.63) is 65.2 Å². The van der Waals surface area contributed by atoms with Crippen LogP contribution in [0.2, 0.25) is 0 Å². The molecule has 0 aromatic heterocycles. The van der Waals surface area contributed by atoms with E-state index in [0.29, 0.717) is 18.7 Å². The summed E-state index contributed by atoms with van der Waals surface area (Å²) in [5, 5.41) is 3.24. The summed E-state index contributed by atoms with van der Waals surface area (Å²) in [6.07, 6.45) is 6.20. The minimum atomic E-state index is -0.476. The molecule has 6 heteroatoms. The minimum absolute atomic E-state index is 0.000819. The number of aryl methyl sites for hydroxylation is 1. The molecule has 1 N–H and O–H groups in total. The molecule has 0 spiro atoms. The van der Waals surface area contributed by atoms with E-state index in [1.54, 1.807) is 23.8 Å². The highest BCUT2D eigenvalue weighted by Crippen LogP contribution is 2.21. The molecule has 3 rings (SSSR count). The van der Waals surface area contributed by atoms with E-state index in [4.69, 9.17) is 4.74 Å². The second kappa shape index (κ2) is 13.4. The lowest BCUT2D eigenvalue weighted by Gasteiger charge is -2.32. The van der Waals surface area contributed by atoms with Gasteiger partial charge >= 0.3 is 0 Å². The third-order valence-electron chi connectivity index (χ3n) is 6.43. The molecule has 1 aliphatic rings. The lowest BCUT2D eigenvalue weighted by molar-refractivity contribution is -0.139. The Morgan fingerprint density at radius 3 is 2.47 bits per heavy atom. The second-order valence-corrected chi connectivity index (χ2v) is 10.1. The zero-order valence-electron chi connectivity index (χ0n) is 20.7. The fourth-order valence-corrected chi connectivity index (χ4v) is 5.39. The van der Waals surface area contributed by atoms with E-state index in [1.807, 2.05) is 37.3 Å². The normalized spacial score (nSPS) is 14.9. The number of carbonyl (C=O) groups is 2. The molecule has 0 bridgehead atoms. The summed E-state index contributed by atoms with van der Waals surface area (Å²) >= 11 is 1.60. The number of benzene rings is 2. The fraction of sp³-hybridized carbons (Fsp3) is 0.500. The number of rotatable bonds is 11. The molecule has 34 heavy (non-hydrogen) atoms. The monoisotopic (exact) mass is 482 g/mol. The highest BCUT2D eigenvalue weighted by atomic mass is 32.2. The van der Waals surface area contributed by atoms with Gasteiger partial charge in [-0.3, -0.25) is 9.59 Å². The maximum absolute atomic E-state index is 13.4. The van der Waals surface area contributed by atoms with Gasteiger partial charge in [-0.05, 0) is 49.4 Å². The van der Waals surface area contributed by atoms with Gasteiger partial charge in [-0.15, -0.1) is 11.8 Å². The topological polar surface area (TPSA) is 58.6 Å². The van der Waals surface area contributed by atoms with Gasteiger partial charge in [-0.2, -0.15) is 0 Å². The van der Waals surface area contributed by atoms with Crippen molar-refractivity contribution in [3.8, 4) is 5.75 Å². The van der Waals surface area contributed by atoms with Gasteiger partial charge < -0.3 is 15.0 Å². The highest BCUT2D eigenvalue weighted by Gasteiger charge is 2.30. The number of hydrogen-bond acceptors (Lipinski definition) is 4. The first-order chi connectivity index (χ1) is 16.5. The van der Waals surface area contributed by atoms with Crippen LogP contribution in [0.1, 0.15) is 62.1 Å². The van der Waals surface area contributed by atoms with Crippen LogP contribution in [0.4, 0.5) is 0 Å². The zero-order chi connectivity index (χ0) is 24.3. The van der Waals surface area contributed by atoms with Gasteiger partial charge in [0.25, 0.3) is 0 Å². The number of nitrogens with one attached hydrogen (secondary N) is 1. The van der Waals surface area contributed by atoms with Crippen LogP contribution in [0.3, 0.4) is 0 Å². The smallest absolute Gasteiger partial charge is 0.243 e. The number of carbonyl (C=O) groups excluding carboxylic acids is 2. The molecule has 184 valence electrons. The van der Waals surface area contributed by atoms with Crippen LogP contribution in [-0.2, 0) is 21.9 Å². The largest absolute Gasteiger partial charge is 0.497 e. The van der Waals surface area contributed by atoms with Crippen molar-refractivity contribution in [2.24, 2.45) is 0 Å². The van der Waals surface area contributed by atoms with E-state index in [1.165, 1.54) is 17.5 Å². The molecule has 1 saturated carbocycles. The lowest BCUT2D eigenvalue weighted by Crippen LogP contribution is -2.52. The molecule has 1 unspecified atom stereocenters. The summed E-state index contributed by atoms with van der Waals surface area (Å²) in [6, 6.07) is 15.8. The molecule has 2 aromatic carbocycles. The van der Waals surface area contributed by atoms with Crippen molar-refractivity contribution in [2.45, 2.75) is 76.8 Å². The molecule has 0 heterocycles. The molecular formula is C28H38N2O3S. The van der Waals surface area contributed by atoms with Gasteiger partial charge in [0.1, 0.15) is 11.8 Å². The van der Waals surface area contributed by atoms with Gasteiger partial charge in [0.15, 0.2) is 0 Å². The number of thioether (sulfide) groups is 1. The summed E-state index contributed by atoms with van der Waals surface area (Å²) < 4.78 is 5.27. The predicted molar refractivity (Wildman–Crippen MR) is 140 cm³/mol. The third-order valence-corrected chi connectivity index (χ3v) is 7.41. The molecule has 5 nitrogen and oxygen atoms in total. The number of methoxy groups -OCH3 is 1.